The van der Waals surface area contributed by atoms with Crippen molar-refractivity contribution in [1.82, 2.24) is 10.2 Å². The molecule has 2 amide bonds. The fourth-order valence-corrected chi connectivity index (χ4v) is 2.85. The van der Waals surface area contributed by atoms with E-state index in [1.54, 1.807) is 24.3 Å². The Hall–Kier alpha value is -2.08. The molecule has 6 nitrogen and oxygen atoms in total. The number of nitrogens with one attached hydrogen (secondary N) is 1. The van der Waals surface area contributed by atoms with Gasteiger partial charge in [-0.15, -0.1) is 0 Å². The van der Waals surface area contributed by atoms with Crippen LogP contribution in [0.15, 0.2) is 24.3 Å². The Labute approximate surface area is 143 Å². The van der Waals surface area contributed by atoms with E-state index in [2.05, 4.69) is 10.2 Å². The van der Waals surface area contributed by atoms with E-state index < -0.39 is 5.91 Å². The minimum atomic E-state index is -0.543. The zero-order valence-electron chi connectivity index (χ0n) is 14.1. The molecule has 0 bridgehead atoms. The maximum atomic E-state index is 12.2. The summed E-state index contributed by atoms with van der Waals surface area (Å²) >= 11 is 0. The van der Waals surface area contributed by atoms with Gasteiger partial charge >= 0.3 is 0 Å². The van der Waals surface area contributed by atoms with E-state index in [0.717, 1.165) is 13.0 Å². The number of likely N-dealkylation sites (tertiary alicyclic amines) is 1. The first kappa shape index (κ1) is 18.3. The molecule has 0 aliphatic carbocycles. The van der Waals surface area contributed by atoms with Crippen LogP contribution in [0.25, 0.3) is 0 Å². The van der Waals surface area contributed by atoms with Gasteiger partial charge in [0.1, 0.15) is 5.75 Å². The van der Waals surface area contributed by atoms with Gasteiger partial charge in [0, 0.05) is 12.1 Å². The van der Waals surface area contributed by atoms with Crippen LogP contribution in [0.3, 0.4) is 0 Å². The molecule has 1 aromatic carbocycles. The summed E-state index contributed by atoms with van der Waals surface area (Å²) in [5.74, 6) is -0.209. The number of rotatable bonds is 8. The van der Waals surface area contributed by atoms with E-state index in [1.807, 2.05) is 0 Å². The van der Waals surface area contributed by atoms with Gasteiger partial charge < -0.3 is 20.7 Å². The lowest BCUT2D eigenvalue weighted by molar-refractivity contribution is -0.119. The van der Waals surface area contributed by atoms with Crippen LogP contribution in [-0.4, -0.2) is 49.5 Å². The highest BCUT2D eigenvalue weighted by Crippen LogP contribution is 2.13. The first-order chi connectivity index (χ1) is 11.6. The lowest BCUT2D eigenvalue weighted by Crippen LogP contribution is -2.30. The maximum Gasteiger partial charge on any atom is 0.255 e. The summed E-state index contributed by atoms with van der Waals surface area (Å²) in [4.78, 5) is 25.4. The molecule has 0 radical (unpaired) electrons. The van der Waals surface area contributed by atoms with Crippen molar-refractivity contribution in [1.29, 1.82) is 0 Å². The molecule has 1 saturated heterocycles. The Balaban J connectivity index is 1.71. The Kier molecular flexibility index (Phi) is 7.55. The molecule has 1 fully saturated rings. The van der Waals surface area contributed by atoms with Crippen LogP contribution >= 0.6 is 0 Å². The quantitative estimate of drug-likeness (QED) is 0.707. The number of carbonyl (C=O) groups excluding carboxylic acids is 2. The number of hydrogen-bond donors (Lipinski definition) is 2. The van der Waals surface area contributed by atoms with Gasteiger partial charge in [-0.1, -0.05) is 18.9 Å². The van der Waals surface area contributed by atoms with Crippen LogP contribution in [0.1, 0.15) is 42.5 Å². The van der Waals surface area contributed by atoms with Crippen LogP contribution in [0.5, 0.6) is 5.75 Å². The molecular formula is C18H27N3O3. The Morgan fingerprint density at radius 3 is 2.62 bits per heavy atom. The summed E-state index contributed by atoms with van der Waals surface area (Å²) in [5, 5.41) is 2.93. The number of primary amides is 1. The molecule has 0 atom stereocenters. The molecule has 0 aromatic heterocycles. The van der Waals surface area contributed by atoms with E-state index in [4.69, 9.17) is 10.5 Å². The largest absolute Gasteiger partial charge is 0.484 e. The van der Waals surface area contributed by atoms with Crippen molar-refractivity contribution in [2.45, 2.75) is 32.1 Å². The van der Waals surface area contributed by atoms with Crippen molar-refractivity contribution < 1.29 is 14.3 Å². The van der Waals surface area contributed by atoms with Crippen LogP contribution in [-0.2, 0) is 4.79 Å². The second kappa shape index (κ2) is 9.93. The number of carbonyl (C=O) groups is 2. The predicted molar refractivity (Wildman–Crippen MR) is 93.0 cm³/mol. The molecule has 2 rings (SSSR count). The van der Waals surface area contributed by atoms with Gasteiger partial charge in [-0.05, 0) is 57.1 Å². The smallest absolute Gasteiger partial charge is 0.255 e. The second-order valence-electron chi connectivity index (χ2n) is 6.15. The minimum Gasteiger partial charge on any atom is -0.484 e. The van der Waals surface area contributed by atoms with Gasteiger partial charge in [-0.2, -0.15) is 0 Å². The lowest BCUT2D eigenvalue weighted by atomic mass is 10.2. The highest BCUT2D eigenvalue weighted by molar-refractivity contribution is 5.94. The van der Waals surface area contributed by atoms with E-state index >= 15 is 0 Å². The molecule has 1 heterocycles. The zero-order chi connectivity index (χ0) is 17.2. The van der Waals surface area contributed by atoms with Gasteiger partial charge in [0.2, 0.25) is 0 Å². The molecule has 1 aliphatic rings. The summed E-state index contributed by atoms with van der Waals surface area (Å²) in [6.45, 7) is 3.84. The van der Waals surface area contributed by atoms with Crippen LogP contribution in [0, 0.1) is 0 Å². The SMILES string of the molecule is NC(=O)COc1cccc(C(=O)NCCCN2CCCCCC2)c1. The average molecular weight is 333 g/mol. The molecule has 0 spiro atoms. The van der Waals surface area contributed by atoms with Crippen molar-refractivity contribution in [3.63, 3.8) is 0 Å². The van der Waals surface area contributed by atoms with Crippen molar-refractivity contribution in [3.05, 3.63) is 29.8 Å². The maximum absolute atomic E-state index is 12.2. The first-order valence-electron chi connectivity index (χ1n) is 8.67. The number of ether oxygens (including phenoxy) is 1. The number of nitrogens with zero attached hydrogens (tertiary/aromatic N) is 1. The van der Waals surface area contributed by atoms with Gasteiger partial charge in [0.15, 0.2) is 6.61 Å². The molecule has 3 N–H and O–H groups in total. The Morgan fingerprint density at radius 2 is 1.92 bits per heavy atom. The van der Waals surface area contributed by atoms with Gasteiger partial charge in [-0.3, -0.25) is 9.59 Å². The highest BCUT2D eigenvalue weighted by atomic mass is 16.5. The molecule has 1 aromatic rings. The van der Waals surface area contributed by atoms with E-state index in [9.17, 15) is 9.59 Å². The summed E-state index contributed by atoms with van der Waals surface area (Å²) < 4.78 is 5.21. The first-order valence-corrected chi connectivity index (χ1v) is 8.67. The number of hydrogen-bond acceptors (Lipinski definition) is 4. The van der Waals surface area contributed by atoms with Gasteiger partial charge in [0.05, 0.1) is 0 Å². The van der Waals surface area contributed by atoms with E-state index in [1.165, 1.54) is 38.8 Å². The Morgan fingerprint density at radius 1 is 1.17 bits per heavy atom. The Bertz CT molecular complexity index is 540. The lowest BCUT2D eigenvalue weighted by Gasteiger charge is -2.19. The summed E-state index contributed by atoms with van der Waals surface area (Å²) in [5.41, 5.74) is 5.56. The van der Waals surface area contributed by atoms with Crippen molar-refractivity contribution in [2.75, 3.05) is 32.8 Å². The summed E-state index contributed by atoms with van der Waals surface area (Å²) in [6.07, 6.45) is 6.18. The molecule has 1 aliphatic heterocycles. The molecule has 6 heteroatoms. The van der Waals surface area contributed by atoms with Gasteiger partial charge in [-0.25, -0.2) is 0 Å². The minimum absolute atomic E-state index is 0.129. The molecule has 0 saturated carbocycles. The molecular weight excluding hydrogens is 306 g/mol. The van der Waals surface area contributed by atoms with E-state index in [-0.39, 0.29) is 12.5 Å². The fourth-order valence-electron chi connectivity index (χ4n) is 2.85. The number of benzene rings is 1. The third-order valence-electron chi connectivity index (χ3n) is 4.11. The van der Waals surface area contributed by atoms with Crippen molar-refractivity contribution in [3.8, 4) is 5.75 Å². The standard InChI is InChI=1S/C18H27N3O3/c19-17(22)14-24-16-8-5-7-15(13-16)18(23)20-9-6-12-21-10-3-1-2-4-11-21/h5,7-8,13H,1-4,6,9-12,14H2,(H2,19,22)(H,20,23). The third-order valence-corrected chi connectivity index (χ3v) is 4.11. The fraction of sp³-hybridized carbons (Fsp3) is 0.556. The molecule has 24 heavy (non-hydrogen) atoms. The van der Waals surface area contributed by atoms with Gasteiger partial charge in [0.25, 0.3) is 11.8 Å². The normalized spacial score (nSPS) is 15.5. The average Bonchev–Trinajstić information content (AvgIpc) is 2.86. The summed E-state index contributed by atoms with van der Waals surface area (Å²) in [6, 6.07) is 6.76. The number of nitrogens with two attached hydrogens (primary N) is 1. The van der Waals surface area contributed by atoms with Crippen molar-refractivity contribution in [2.24, 2.45) is 5.73 Å². The van der Waals surface area contributed by atoms with Crippen molar-refractivity contribution >= 4 is 11.8 Å². The van der Waals surface area contributed by atoms with E-state index in [0.29, 0.717) is 17.9 Å². The highest BCUT2D eigenvalue weighted by Gasteiger charge is 2.10. The zero-order valence-corrected chi connectivity index (χ0v) is 14.1. The second-order valence-corrected chi connectivity index (χ2v) is 6.15. The van der Waals surface area contributed by atoms with Crippen LogP contribution < -0.4 is 15.8 Å². The van der Waals surface area contributed by atoms with Crippen LogP contribution in [0.2, 0.25) is 0 Å². The summed E-state index contributed by atoms with van der Waals surface area (Å²) in [7, 11) is 0. The number of amides is 2. The third kappa shape index (κ3) is 6.58. The molecule has 0 unspecified atom stereocenters. The monoisotopic (exact) mass is 333 g/mol. The molecule has 132 valence electrons. The topological polar surface area (TPSA) is 84.7 Å². The van der Waals surface area contributed by atoms with Crippen LogP contribution in [0.4, 0.5) is 0 Å². The predicted octanol–water partition coefficient (Wildman–Crippen LogP) is 1.55.